The van der Waals surface area contributed by atoms with Crippen molar-refractivity contribution in [1.29, 1.82) is 0 Å². The molecule has 0 spiro atoms. The zero-order valence-corrected chi connectivity index (χ0v) is 12.9. The molecule has 0 bridgehead atoms. The Morgan fingerprint density at radius 2 is 1.90 bits per heavy atom. The van der Waals surface area contributed by atoms with E-state index in [1.54, 1.807) is 0 Å². The predicted octanol–water partition coefficient (Wildman–Crippen LogP) is 3.69. The molecule has 1 N–H and O–H groups in total. The molecule has 3 rings (SSSR count). The summed E-state index contributed by atoms with van der Waals surface area (Å²) >= 11 is 0. The summed E-state index contributed by atoms with van der Waals surface area (Å²) in [5.41, 5.74) is 4.20. The summed E-state index contributed by atoms with van der Waals surface area (Å²) in [6.07, 6.45) is 1.04. The molecule has 0 aromatic heterocycles. The molecule has 1 aliphatic rings. The number of ether oxygens (including phenoxy) is 1. The van der Waals surface area contributed by atoms with Gasteiger partial charge in [0, 0.05) is 24.9 Å². The van der Waals surface area contributed by atoms with E-state index in [-0.39, 0.29) is 5.41 Å². The molecule has 0 unspecified atom stereocenters. The van der Waals surface area contributed by atoms with E-state index in [4.69, 9.17) is 4.74 Å². The highest BCUT2D eigenvalue weighted by Gasteiger charge is 2.19. The molecule has 2 aromatic rings. The standard InChI is InChI=1S/C19H23NO/c1-19(2,17-6-4-3-5-7-17)14-20-13-15-8-9-18-16(12-15)10-11-21-18/h3-9,12,20H,10-11,13-14H2,1-2H3. The van der Waals surface area contributed by atoms with Crippen molar-refractivity contribution in [3.05, 3.63) is 65.2 Å². The minimum absolute atomic E-state index is 0.140. The van der Waals surface area contributed by atoms with Crippen molar-refractivity contribution in [2.75, 3.05) is 13.2 Å². The molecule has 0 saturated carbocycles. The van der Waals surface area contributed by atoms with E-state index in [2.05, 4.69) is 67.7 Å². The average Bonchev–Trinajstić information content (AvgIpc) is 2.95. The fraction of sp³-hybridized carbons (Fsp3) is 0.368. The number of rotatable bonds is 5. The largest absolute Gasteiger partial charge is 0.493 e. The molecule has 1 heterocycles. The third-order valence-electron chi connectivity index (χ3n) is 4.21. The first-order chi connectivity index (χ1) is 10.1. The van der Waals surface area contributed by atoms with E-state index in [1.807, 2.05) is 0 Å². The lowest BCUT2D eigenvalue weighted by atomic mass is 9.84. The highest BCUT2D eigenvalue weighted by Crippen LogP contribution is 2.26. The van der Waals surface area contributed by atoms with Crippen molar-refractivity contribution in [3.8, 4) is 5.75 Å². The molecule has 0 aliphatic carbocycles. The van der Waals surface area contributed by atoms with Gasteiger partial charge in [0.25, 0.3) is 0 Å². The van der Waals surface area contributed by atoms with Gasteiger partial charge in [-0.05, 0) is 22.8 Å². The maximum Gasteiger partial charge on any atom is 0.122 e. The molecular weight excluding hydrogens is 258 g/mol. The number of fused-ring (bicyclic) bond motifs is 1. The lowest BCUT2D eigenvalue weighted by molar-refractivity contribution is 0.357. The van der Waals surface area contributed by atoms with Crippen molar-refractivity contribution in [3.63, 3.8) is 0 Å². The SMILES string of the molecule is CC(C)(CNCc1ccc2c(c1)CCO2)c1ccccc1. The van der Waals surface area contributed by atoms with Crippen LogP contribution in [0.2, 0.25) is 0 Å². The predicted molar refractivity (Wildman–Crippen MR) is 86.8 cm³/mol. The summed E-state index contributed by atoms with van der Waals surface area (Å²) in [4.78, 5) is 0. The van der Waals surface area contributed by atoms with Crippen molar-refractivity contribution < 1.29 is 4.74 Å². The fourth-order valence-electron chi connectivity index (χ4n) is 2.86. The van der Waals surface area contributed by atoms with Crippen LogP contribution in [0, 0.1) is 0 Å². The number of benzene rings is 2. The van der Waals surface area contributed by atoms with Crippen LogP contribution in [0.1, 0.15) is 30.5 Å². The number of nitrogens with one attached hydrogen (secondary N) is 1. The smallest absolute Gasteiger partial charge is 0.122 e. The molecule has 2 heteroatoms. The highest BCUT2D eigenvalue weighted by molar-refractivity contribution is 5.39. The Balaban J connectivity index is 1.58. The Labute approximate surface area is 127 Å². The van der Waals surface area contributed by atoms with Crippen LogP contribution in [-0.2, 0) is 18.4 Å². The molecule has 2 nitrogen and oxygen atoms in total. The first-order valence-electron chi connectivity index (χ1n) is 7.66. The Morgan fingerprint density at radius 1 is 1.10 bits per heavy atom. The lowest BCUT2D eigenvalue weighted by Crippen LogP contribution is -2.32. The summed E-state index contributed by atoms with van der Waals surface area (Å²) < 4.78 is 5.55. The second-order valence-corrected chi connectivity index (χ2v) is 6.39. The molecule has 0 amide bonds. The first kappa shape index (κ1) is 14.2. The van der Waals surface area contributed by atoms with Crippen molar-refractivity contribution >= 4 is 0 Å². The highest BCUT2D eigenvalue weighted by atomic mass is 16.5. The number of hydrogen-bond donors (Lipinski definition) is 1. The van der Waals surface area contributed by atoms with Crippen LogP contribution in [0.3, 0.4) is 0 Å². The van der Waals surface area contributed by atoms with Crippen LogP contribution >= 0.6 is 0 Å². The van der Waals surface area contributed by atoms with Crippen LogP contribution in [0.4, 0.5) is 0 Å². The zero-order chi connectivity index (χ0) is 14.7. The molecule has 0 radical (unpaired) electrons. The van der Waals surface area contributed by atoms with Gasteiger partial charge in [0.1, 0.15) is 5.75 Å². The monoisotopic (exact) mass is 281 g/mol. The molecular formula is C19H23NO. The van der Waals surface area contributed by atoms with Gasteiger partial charge in [-0.25, -0.2) is 0 Å². The van der Waals surface area contributed by atoms with E-state index in [0.717, 1.165) is 31.9 Å². The van der Waals surface area contributed by atoms with E-state index in [1.165, 1.54) is 16.7 Å². The minimum atomic E-state index is 0.140. The van der Waals surface area contributed by atoms with Gasteiger partial charge in [0.15, 0.2) is 0 Å². The van der Waals surface area contributed by atoms with E-state index in [9.17, 15) is 0 Å². The second-order valence-electron chi connectivity index (χ2n) is 6.39. The zero-order valence-electron chi connectivity index (χ0n) is 12.9. The van der Waals surface area contributed by atoms with E-state index < -0.39 is 0 Å². The minimum Gasteiger partial charge on any atom is -0.493 e. The van der Waals surface area contributed by atoms with Crippen molar-refractivity contribution in [2.45, 2.75) is 32.2 Å². The van der Waals surface area contributed by atoms with Gasteiger partial charge in [-0.2, -0.15) is 0 Å². The third-order valence-corrected chi connectivity index (χ3v) is 4.21. The summed E-state index contributed by atoms with van der Waals surface area (Å²) in [7, 11) is 0. The van der Waals surface area contributed by atoms with E-state index >= 15 is 0 Å². The second kappa shape index (κ2) is 5.90. The van der Waals surface area contributed by atoms with Gasteiger partial charge in [0.2, 0.25) is 0 Å². The third kappa shape index (κ3) is 3.27. The van der Waals surface area contributed by atoms with Gasteiger partial charge in [-0.15, -0.1) is 0 Å². The molecule has 0 fully saturated rings. The van der Waals surface area contributed by atoms with Gasteiger partial charge in [-0.3, -0.25) is 0 Å². The molecule has 1 aliphatic heterocycles. The Morgan fingerprint density at radius 3 is 2.71 bits per heavy atom. The first-order valence-corrected chi connectivity index (χ1v) is 7.66. The lowest BCUT2D eigenvalue weighted by Gasteiger charge is -2.25. The maximum absolute atomic E-state index is 5.55. The van der Waals surface area contributed by atoms with Gasteiger partial charge >= 0.3 is 0 Å². The molecule has 0 saturated heterocycles. The van der Waals surface area contributed by atoms with Gasteiger partial charge in [-0.1, -0.05) is 56.3 Å². The van der Waals surface area contributed by atoms with E-state index in [0.29, 0.717) is 0 Å². The van der Waals surface area contributed by atoms with Crippen LogP contribution in [0.15, 0.2) is 48.5 Å². The molecule has 110 valence electrons. The summed E-state index contributed by atoms with van der Waals surface area (Å²) in [6, 6.07) is 17.2. The Hall–Kier alpha value is -1.80. The van der Waals surface area contributed by atoms with Crippen LogP contribution in [-0.4, -0.2) is 13.2 Å². The topological polar surface area (TPSA) is 21.3 Å². The molecule has 2 aromatic carbocycles. The molecule has 21 heavy (non-hydrogen) atoms. The maximum atomic E-state index is 5.55. The van der Waals surface area contributed by atoms with Crippen molar-refractivity contribution in [1.82, 2.24) is 5.32 Å². The van der Waals surface area contributed by atoms with Crippen molar-refractivity contribution in [2.24, 2.45) is 0 Å². The van der Waals surface area contributed by atoms with Crippen LogP contribution in [0.5, 0.6) is 5.75 Å². The van der Waals surface area contributed by atoms with Crippen LogP contribution in [0.25, 0.3) is 0 Å². The Bertz CT molecular complexity index is 604. The van der Waals surface area contributed by atoms with Crippen LogP contribution < -0.4 is 10.1 Å². The summed E-state index contributed by atoms with van der Waals surface area (Å²) in [5.74, 6) is 1.06. The van der Waals surface area contributed by atoms with Gasteiger partial charge in [0.05, 0.1) is 6.61 Å². The fourth-order valence-corrected chi connectivity index (χ4v) is 2.86. The quantitative estimate of drug-likeness (QED) is 0.902. The summed E-state index contributed by atoms with van der Waals surface area (Å²) in [5, 5.41) is 3.59. The number of hydrogen-bond acceptors (Lipinski definition) is 2. The molecule has 0 atom stereocenters. The summed E-state index contributed by atoms with van der Waals surface area (Å²) in [6.45, 7) is 7.26. The van der Waals surface area contributed by atoms with Gasteiger partial charge < -0.3 is 10.1 Å². The average molecular weight is 281 g/mol. The Kier molecular flexibility index (Phi) is 3.98. The normalized spacial score (nSPS) is 13.8.